The Hall–Kier alpha value is -3.93. The van der Waals surface area contributed by atoms with Crippen LogP contribution in [0.25, 0.3) is 11.1 Å². The number of nitrogens with two attached hydrogens (primary N) is 1. The van der Waals surface area contributed by atoms with Crippen molar-refractivity contribution in [1.29, 1.82) is 5.41 Å². The summed E-state index contributed by atoms with van der Waals surface area (Å²) in [5, 5.41) is 10.4. The summed E-state index contributed by atoms with van der Waals surface area (Å²) in [4.78, 5) is 25.9. The molecular weight excluding hydrogens is 390 g/mol. The predicted molar refractivity (Wildman–Crippen MR) is 122 cm³/mol. The van der Waals surface area contributed by atoms with Gasteiger partial charge in [-0.3, -0.25) is 10.2 Å². The second kappa shape index (κ2) is 8.83. The zero-order valence-electron chi connectivity index (χ0n) is 17.7. The number of ether oxygens (including phenoxy) is 1. The van der Waals surface area contributed by atoms with Gasteiger partial charge >= 0.3 is 5.97 Å². The minimum Gasteiger partial charge on any atom is -0.456 e. The van der Waals surface area contributed by atoms with Crippen molar-refractivity contribution in [3.05, 3.63) is 89.5 Å². The third kappa shape index (κ3) is 5.36. The molecule has 0 saturated carbocycles. The van der Waals surface area contributed by atoms with Gasteiger partial charge in [-0.05, 0) is 56.2 Å². The number of amides is 1. The fourth-order valence-electron chi connectivity index (χ4n) is 3.11. The molecule has 0 aromatic heterocycles. The van der Waals surface area contributed by atoms with E-state index in [1.54, 1.807) is 60.7 Å². The Bertz CT molecular complexity index is 1150. The van der Waals surface area contributed by atoms with Crippen molar-refractivity contribution in [1.82, 2.24) is 0 Å². The van der Waals surface area contributed by atoms with E-state index in [9.17, 15) is 9.59 Å². The van der Waals surface area contributed by atoms with Gasteiger partial charge in [0.25, 0.3) is 5.91 Å². The maximum absolute atomic E-state index is 13.1. The molecule has 0 spiro atoms. The normalized spacial score (nSPS) is 10.9. The van der Waals surface area contributed by atoms with Crippen LogP contribution in [0.15, 0.2) is 72.8 Å². The van der Waals surface area contributed by atoms with Crippen LogP contribution in [0.1, 0.15) is 47.1 Å². The number of esters is 1. The Morgan fingerprint density at radius 3 is 2.06 bits per heavy atom. The molecule has 3 rings (SSSR count). The molecule has 0 unspecified atom stereocenters. The van der Waals surface area contributed by atoms with Gasteiger partial charge in [0.15, 0.2) is 0 Å². The van der Waals surface area contributed by atoms with E-state index in [-0.39, 0.29) is 11.7 Å². The van der Waals surface area contributed by atoms with Crippen LogP contribution >= 0.6 is 0 Å². The van der Waals surface area contributed by atoms with Gasteiger partial charge in [0.05, 0.1) is 5.56 Å². The van der Waals surface area contributed by atoms with E-state index in [1.165, 1.54) is 0 Å². The molecule has 0 aliphatic carbocycles. The second-order valence-electron chi connectivity index (χ2n) is 8.04. The molecule has 4 N–H and O–H groups in total. The van der Waals surface area contributed by atoms with E-state index in [4.69, 9.17) is 15.9 Å². The van der Waals surface area contributed by atoms with Crippen molar-refractivity contribution < 1.29 is 14.3 Å². The lowest BCUT2D eigenvalue weighted by Crippen LogP contribution is -2.24. The van der Waals surface area contributed by atoms with Crippen molar-refractivity contribution in [2.24, 2.45) is 5.73 Å². The molecule has 0 heterocycles. The number of carbonyl (C=O) groups is 2. The lowest BCUT2D eigenvalue weighted by molar-refractivity contribution is 0.00703. The lowest BCUT2D eigenvalue weighted by Gasteiger charge is -2.21. The van der Waals surface area contributed by atoms with E-state index < -0.39 is 11.6 Å². The molecular formula is C25H25N3O3. The molecule has 6 nitrogen and oxygen atoms in total. The zero-order valence-corrected chi connectivity index (χ0v) is 17.7. The third-order valence-corrected chi connectivity index (χ3v) is 4.44. The summed E-state index contributed by atoms with van der Waals surface area (Å²) in [7, 11) is 0. The SMILES string of the molecule is CC(C)(C)OC(=O)c1ccccc1-c1ccccc1C(=O)Nc1cccc(C(=N)N)c1. The van der Waals surface area contributed by atoms with Crippen LogP contribution in [0.2, 0.25) is 0 Å². The summed E-state index contributed by atoms with van der Waals surface area (Å²) < 4.78 is 5.55. The highest BCUT2D eigenvalue weighted by atomic mass is 16.6. The average molecular weight is 415 g/mol. The highest BCUT2D eigenvalue weighted by Crippen LogP contribution is 2.29. The summed E-state index contributed by atoms with van der Waals surface area (Å²) in [6, 6.07) is 20.9. The van der Waals surface area contributed by atoms with Crippen molar-refractivity contribution in [2.45, 2.75) is 26.4 Å². The smallest absolute Gasteiger partial charge is 0.339 e. The van der Waals surface area contributed by atoms with Crippen LogP contribution in [0, 0.1) is 5.41 Å². The summed E-state index contributed by atoms with van der Waals surface area (Å²) in [5.41, 5.74) is 7.96. The number of amidine groups is 1. The van der Waals surface area contributed by atoms with Crippen LogP contribution < -0.4 is 11.1 Å². The van der Waals surface area contributed by atoms with Gasteiger partial charge < -0.3 is 15.8 Å². The van der Waals surface area contributed by atoms with E-state index in [0.29, 0.717) is 33.5 Å². The maximum Gasteiger partial charge on any atom is 0.339 e. The lowest BCUT2D eigenvalue weighted by atomic mass is 9.94. The second-order valence-corrected chi connectivity index (χ2v) is 8.04. The quantitative estimate of drug-likeness (QED) is 0.315. The summed E-state index contributed by atoms with van der Waals surface area (Å²) >= 11 is 0. The Balaban J connectivity index is 1.98. The van der Waals surface area contributed by atoms with Crippen molar-refractivity contribution in [3.8, 4) is 11.1 Å². The molecule has 31 heavy (non-hydrogen) atoms. The Morgan fingerprint density at radius 2 is 1.45 bits per heavy atom. The monoisotopic (exact) mass is 415 g/mol. The van der Waals surface area contributed by atoms with Crippen LogP contribution in [-0.2, 0) is 4.74 Å². The Kier molecular flexibility index (Phi) is 6.20. The molecule has 0 aliphatic heterocycles. The van der Waals surface area contributed by atoms with Gasteiger partial charge in [-0.2, -0.15) is 0 Å². The van der Waals surface area contributed by atoms with E-state index in [0.717, 1.165) is 0 Å². The topological polar surface area (TPSA) is 105 Å². The van der Waals surface area contributed by atoms with E-state index in [2.05, 4.69) is 5.32 Å². The first-order valence-corrected chi connectivity index (χ1v) is 9.83. The number of rotatable bonds is 5. The molecule has 3 aromatic rings. The molecule has 0 fully saturated rings. The fraction of sp³-hybridized carbons (Fsp3) is 0.160. The molecule has 0 aliphatic rings. The minimum absolute atomic E-state index is 0.0808. The molecule has 0 saturated heterocycles. The fourth-order valence-corrected chi connectivity index (χ4v) is 3.11. The highest BCUT2D eigenvalue weighted by molar-refractivity contribution is 6.10. The first-order valence-electron chi connectivity index (χ1n) is 9.83. The van der Waals surface area contributed by atoms with Crippen LogP contribution in [-0.4, -0.2) is 23.3 Å². The van der Waals surface area contributed by atoms with Crippen LogP contribution in [0.5, 0.6) is 0 Å². The van der Waals surface area contributed by atoms with Gasteiger partial charge in [-0.15, -0.1) is 0 Å². The minimum atomic E-state index is -0.636. The van der Waals surface area contributed by atoms with Gasteiger partial charge in [0, 0.05) is 16.8 Å². The maximum atomic E-state index is 13.1. The zero-order chi connectivity index (χ0) is 22.6. The number of carbonyl (C=O) groups excluding carboxylic acids is 2. The summed E-state index contributed by atoms with van der Waals surface area (Å²) in [6.07, 6.45) is 0. The number of benzene rings is 3. The number of hydrogen-bond donors (Lipinski definition) is 3. The first kappa shape index (κ1) is 21.8. The molecule has 0 radical (unpaired) electrons. The predicted octanol–water partition coefficient (Wildman–Crippen LogP) is 4.85. The third-order valence-electron chi connectivity index (χ3n) is 4.44. The van der Waals surface area contributed by atoms with Crippen LogP contribution in [0.4, 0.5) is 5.69 Å². The molecule has 1 amide bonds. The Labute approximate surface area is 181 Å². The molecule has 158 valence electrons. The van der Waals surface area contributed by atoms with Crippen molar-refractivity contribution >= 4 is 23.4 Å². The van der Waals surface area contributed by atoms with Gasteiger partial charge in [-0.25, -0.2) is 4.79 Å². The number of nitrogen functional groups attached to an aromatic ring is 1. The van der Waals surface area contributed by atoms with E-state index in [1.807, 2.05) is 32.9 Å². The highest BCUT2D eigenvalue weighted by Gasteiger charge is 2.22. The standard InChI is InChI=1S/C25H25N3O3/c1-25(2,3)31-24(30)21-14-7-5-12-19(21)18-11-4-6-13-20(18)23(29)28-17-10-8-9-16(15-17)22(26)27/h4-15H,1-3H3,(H3,26,27)(H,28,29). The van der Waals surface area contributed by atoms with E-state index >= 15 is 0 Å². The molecule has 0 atom stereocenters. The number of hydrogen-bond acceptors (Lipinski definition) is 4. The van der Waals surface area contributed by atoms with Crippen molar-refractivity contribution in [3.63, 3.8) is 0 Å². The molecule has 0 bridgehead atoms. The van der Waals surface area contributed by atoms with Gasteiger partial charge in [-0.1, -0.05) is 48.5 Å². The molecule has 3 aromatic carbocycles. The first-order chi connectivity index (χ1) is 14.7. The van der Waals surface area contributed by atoms with Gasteiger partial charge in [0.2, 0.25) is 0 Å². The summed E-state index contributed by atoms with van der Waals surface area (Å²) in [5.74, 6) is -0.870. The molecule has 6 heteroatoms. The Morgan fingerprint density at radius 1 is 0.871 bits per heavy atom. The average Bonchev–Trinajstić information content (AvgIpc) is 2.72. The largest absolute Gasteiger partial charge is 0.456 e. The van der Waals surface area contributed by atoms with Crippen LogP contribution in [0.3, 0.4) is 0 Å². The van der Waals surface area contributed by atoms with Gasteiger partial charge in [0.1, 0.15) is 11.4 Å². The summed E-state index contributed by atoms with van der Waals surface area (Å²) in [6.45, 7) is 5.43. The number of anilines is 1. The van der Waals surface area contributed by atoms with Crippen molar-refractivity contribution in [2.75, 3.05) is 5.32 Å². The number of nitrogens with one attached hydrogen (secondary N) is 2.